The van der Waals surface area contributed by atoms with Gasteiger partial charge in [-0.3, -0.25) is 0 Å². The number of hydrogen-bond donors (Lipinski definition) is 0. The molecule has 0 radical (unpaired) electrons. The second-order valence-electron chi connectivity index (χ2n) is 3.02. The molecule has 0 aliphatic heterocycles. The Hall–Kier alpha value is -1.22. The van der Waals surface area contributed by atoms with Crippen molar-refractivity contribution in [2.24, 2.45) is 0 Å². The number of hydrogen-bond acceptors (Lipinski definition) is 2. The fourth-order valence-corrected chi connectivity index (χ4v) is 1.58. The number of rotatable bonds is 1. The van der Waals surface area contributed by atoms with E-state index >= 15 is 0 Å². The van der Waals surface area contributed by atoms with E-state index in [-0.39, 0.29) is 0 Å². The van der Waals surface area contributed by atoms with Crippen molar-refractivity contribution in [3.8, 4) is 11.4 Å². The third kappa shape index (κ3) is 1.82. The van der Waals surface area contributed by atoms with Crippen molar-refractivity contribution in [1.29, 1.82) is 0 Å². The highest BCUT2D eigenvalue weighted by atomic mass is 79.9. The molecule has 14 heavy (non-hydrogen) atoms. The fourth-order valence-electron chi connectivity index (χ4n) is 1.29. The number of benzene rings is 1. The molecule has 0 atom stereocenters. The Morgan fingerprint density at radius 3 is 2.64 bits per heavy atom. The van der Waals surface area contributed by atoms with Crippen molar-refractivity contribution in [2.75, 3.05) is 0 Å². The van der Waals surface area contributed by atoms with Crippen LogP contribution in [0.4, 0.5) is 0 Å². The molecule has 1 aromatic heterocycles. The summed E-state index contributed by atoms with van der Waals surface area (Å²) in [7, 11) is 0. The van der Waals surface area contributed by atoms with Crippen LogP contribution in [0.15, 0.2) is 41.1 Å². The van der Waals surface area contributed by atoms with E-state index in [4.69, 9.17) is 0 Å². The highest BCUT2D eigenvalue weighted by molar-refractivity contribution is 9.10. The second kappa shape index (κ2) is 3.88. The van der Waals surface area contributed by atoms with Gasteiger partial charge in [-0.15, -0.1) is 0 Å². The minimum Gasteiger partial charge on any atom is -0.236 e. The summed E-state index contributed by atoms with van der Waals surface area (Å²) < 4.78 is 0.811. The number of nitrogens with zero attached hydrogens (tertiary/aromatic N) is 2. The van der Waals surface area contributed by atoms with Gasteiger partial charge >= 0.3 is 0 Å². The van der Waals surface area contributed by atoms with Crippen LogP contribution in [0.1, 0.15) is 5.56 Å². The van der Waals surface area contributed by atoms with Gasteiger partial charge in [0.25, 0.3) is 0 Å². The van der Waals surface area contributed by atoms with Crippen molar-refractivity contribution in [1.82, 2.24) is 9.97 Å². The van der Waals surface area contributed by atoms with Gasteiger partial charge in [0.1, 0.15) is 4.60 Å². The molecule has 1 heterocycles. The van der Waals surface area contributed by atoms with E-state index in [9.17, 15) is 0 Å². The summed E-state index contributed by atoms with van der Waals surface area (Å²) in [6.45, 7) is 2.06. The zero-order valence-electron chi connectivity index (χ0n) is 7.74. The zero-order valence-corrected chi connectivity index (χ0v) is 9.32. The highest BCUT2D eigenvalue weighted by Gasteiger charge is 2.03. The molecule has 0 spiro atoms. The molecule has 2 aromatic rings. The molecular weight excluding hydrogens is 240 g/mol. The normalized spacial score (nSPS) is 10.1. The lowest BCUT2D eigenvalue weighted by atomic mass is 10.1. The van der Waals surface area contributed by atoms with Gasteiger partial charge < -0.3 is 0 Å². The van der Waals surface area contributed by atoms with Crippen molar-refractivity contribution in [3.63, 3.8) is 0 Å². The van der Waals surface area contributed by atoms with Crippen LogP contribution in [0.3, 0.4) is 0 Å². The van der Waals surface area contributed by atoms with E-state index in [1.165, 1.54) is 5.56 Å². The molecule has 0 N–H and O–H groups in total. The Kier molecular flexibility index (Phi) is 2.59. The average Bonchev–Trinajstić information content (AvgIpc) is 2.18. The van der Waals surface area contributed by atoms with Gasteiger partial charge in [0.15, 0.2) is 5.82 Å². The largest absolute Gasteiger partial charge is 0.236 e. The first kappa shape index (κ1) is 9.34. The van der Waals surface area contributed by atoms with Crippen molar-refractivity contribution in [2.45, 2.75) is 6.92 Å². The molecule has 70 valence electrons. The van der Waals surface area contributed by atoms with Gasteiger partial charge in [0.05, 0.1) is 0 Å². The molecule has 0 aliphatic rings. The maximum atomic E-state index is 4.31. The van der Waals surface area contributed by atoms with Crippen LogP contribution in [-0.2, 0) is 0 Å². The van der Waals surface area contributed by atoms with Gasteiger partial charge in [-0.2, -0.15) is 0 Å². The fraction of sp³-hybridized carbons (Fsp3) is 0.0909. The predicted molar refractivity (Wildman–Crippen MR) is 59.9 cm³/mol. The van der Waals surface area contributed by atoms with Gasteiger partial charge in [-0.1, -0.05) is 24.3 Å². The highest BCUT2D eigenvalue weighted by Crippen LogP contribution is 2.19. The van der Waals surface area contributed by atoms with Crippen LogP contribution in [0, 0.1) is 6.92 Å². The molecule has 0 saturated carbocycles. The molecule has 0 saturated heterocycles. The molecule has 0 aliphatic carbocycles. The van der Waals surface area contributed by atoms with E-state index < -0.39 is 0 Å². The summed E-state index contributed by atoms with van der Waals surface area (Å²) in [5, 5.41) is 0. The molecule has 0 unspecified atom stereocenters. The summed E-state index contributed by atoms with van der Waals surface area (Å²) in [6.07, 6.45) is 1.75. The molecule has 0 amide bonds. The first-order valence-electron chi connectivity index (χ1n) is 4.32. The summed E-state index contributed by atoms with van der Waals surface area (Å²) >= 11 is 3.33. The van der Waals surface area contributed by atoms with E-state index in [2.05, 4.69) is 38.9 Å². The maximum Gasteiger partial charge on any atom is 0.160 e. The van der Waals surface area contributed by atoms with E-state index in [1.807, 2.05) is 24.3 Å². The van der Waals surface area contributed by atoms with E-state index in [0.29, 0.717) is 0 Å². The van der Waals surface area contributed by atoms with Gasteiger partial charge in [-0.25, -0.2) is 9.97 Å². The van der Waals surface area contributed by atoms with Crippen molar-refractivity contribution in [3.05, 3.63) is 46.7 Å². The lowest BCUT2D eigenvalue weighted by Crippen LogP contribution is -1.90. The first-order chi connectivity index (χ1) is 6.77. The molecule has 3 heteroatoms. The van der Waals surface area contributed by atoms with Crippen LogP contribution >= 0.6 is 15.9 Å². The Morgan fingerprint density at radius 2 is 1.93 bits per heavy atom. The first-order valence-corrected chi connectivity index (χ1v) is 5.11. The molecule has 2 nitrogen and oxygen atoms in total. The topological polar surface area (TPSA) is 25.8 Å². The van der Waals surface area contributed by atoms with Crippen LogP contribution < -0.4 is 0 Å². The van der Waals surface area contributed by atoms with Gasteiger partial charge in [0.2, 0.25) is 0 Å². The Morgan fingerprint density at radius 1 is 1.14 bits per heavy atom. The molecular formula is C11H9BrN2. The SMILES string of the molecule is Cc1ccccc1-c1nccc(Br)n1. The van der Waals surface area contributed by atoms with Crippen LogP contribution in [-0.4, -0.2) is 9.97 Å². The molecule has 1 aromatic carbocycles. The van der Waals surface area contributed by atoms with E-state index in [0.717, 1.165) is 16.0 Å². The van der Waals surface area contributed by atoms with Crippen LogP contribution in [0.5, 0.6) is 0 Å². The van der Waals surface area contributed by atoms with Gasteiger partial charge in [-0.05, 0) is 34.5 Å². The predicted octanol–water partition coefficient (Wildman–Crippen LogP) is 3.21. The van der Waals surface area contributed by atoms with Gasteiger partial charge in [0, 0.05) is 11.8 Å². The molecule has 2 rings (SSSR count). The van der Waals surface area contributed by atoms with E-state index in [1.54, 1.807) is 6.20 Å². The smallest absolute Gasteiger partial charge is 0.160 e. The van der Waals surface area contributed by atoms with Crippen LogP contribution in [0.2, 0.25) is 0 Å². The Bertz CT molecular complexity index is 455. The summed E-state index contributed by atoms with van der Waals surface area (Å²) in [6, 6.07) is 9.90. The van der Waals surface area contributed by atoms with Crippen molar-refractivity contribution < 1.29 is 0 Å². The average molecular weight is 249 g/mol. The lowest BCUT2D eigenvalue weighted by Gasteiger charge is -2.03. The third-order valence-electron chi connectivity index (χ3n) is 2.01. The standard InChI is InChI=1S/C11H9BrN2/c1-8-4-2-3-5-9(8)11-13-7-6-10(12)14-11/h2-7H,1H3. The quantitative estimate of drug-likeness (QED) is 0.725. The maximum absolute atomic E-state index is 4.31. The van der Waals surface area contributed by atoms with Crippen LogP contribution in [0.25, 0.3) is 11.4 Å². The molecule has 0 fully saturated rings. The monoisotopic (exact) mass is 248 g/mol. The minimum absolute atomic E-state index is 0.762. The lowest BCUT2D eigenvalue weighted by molar-refractivity contribution is 1.14. The third-order valence-corrected chi connectivity index (χ3v) is 2.45. The number of halogens is 1. The Labute approximate surface area is 91.2 Å². The zero-order chi connectivity index (χ0) is 9.97. The number of aryl methyl sites for hydroxylation is 1. The minimum atomic E-state index is 0.762. The number of aromatic nitrogens is 2. The van der Waals surface area contributed by atoms with Crippen molar-refractivity contribution >= 4 is 15.9 Å². The second-order valence-corrected chi connectivity index (χ2v) is 3.83. The summed E-state index contributed by atoms with van der Waals surface area (Å²) in [5.74, 6) is 0.762. The Balaban J connectivity index is 2.55. The molecule has 0 bridgehead atoms. The summed E-state index contributed by atoms with van der Waals surface area (Å²) in [4.78, 5) is 8.54. The summed E-state index contributed by atoms with van der Waals surface area (Å²) in [5.41, 5.74) is 2.26.